The molecule has 0 spiro atoms. The Morgan fingerprint density at radius 3 is 3.08 bits per heavy atom. The molecule has 3 nitrogen and oxygen atoms in total. The van der Waals surface area contributed by atoms with Gasteiger partial charge in [-0.05, 0) is 25.7 Å². The SMILES string of the molecule is CC(NCc1cnco1)C1CCC1. The summed E-state index contributed by atoms with van der Waals surface area (Å²) in [6.45, 7) is 3.05. The second-order valence-electron chi connectivity index (χ2n) is 3.83. The quantitative estimate of drug-likeness (QED) is 0.769. The van der Waals surface area contributed by atoms with Gasteiger partial charge in [0.05, 0.1) is 12.7 Å². The van der Waals surface area contributed by atoms with Gasteiger partial charge in [0.25, 0.3) is 0 Å². The summed E-state index contributed by atoms with van der Waals surface area (Å²) in [7, 11) is 0. The van der Waals surface area contributed by atoms with Crippen LogP contribution >= 0.6 is 0 Å². The molecule has 1 aromatic heterocycles. The zero-order valence-corrected chi connectivity index (χ0v) is 7.99. The van der Waals surface area contributed by atoms with Crippen molar-refractivity contribution in [3.05, 3.63) is 18.4 Å². The topological polar surface area (TPSA) is 38.1 Å². The maximum atomic E-state index is 5.14. The van der Waals surface area contributed by atoms with Crippen molar-refractivity contribution in [1.29, 1.82) is 0 Å². The van der Waals surface area contributed by atoms with E-state index in [0.717, 1.165) is 18.2 Å². The number of nitrogens with one attached hydrogen (secondary N) is 1. The van der Waals surface area contributed by atoms with Crippen LogP contribution in [0, 0.1) is 5.92 Å². The van der Waals surface area contributed by atoms with Crippen molar-refractivity contribution in [3.8, 4) is 0 Å². The molecule has 2 rings (SSSR count). The fourth-order valence-electron chi connectivity index (χ4n) is 1.70. The fraction of sp³-hybridized carbons (Fsp3) is 0.700. The van der Waals surface area contributed by atoms with Crippen molar-refractivity contribution >= 4 is 0 Å². The first-order valence-electron chi connectivity index (χ1n) is 4.97. The van der Waals surface area contributed by atoms with Crippen LogP contribution in [0.4, 0.5) is 0 Å². The molecule has 1 aromatic rings. The predicted octanol–water partition coefficient (Wildman–Crippen LogP) is 1.95. The Kier molecular flexibility index (Phi) is 2.64. The van der Waals surface area contributed by atoms with Gasteiger partial charge in [0.1, 0.15) is 5.76 Å². The lowest BCUT2D eigenvalue weighted by Crippen LogP contribution is -2.36. The third kappa shape index (κ3) is 2.10. The molecule has 1 unspecified atom stereocenters. The molecule has 1 N–H and O–H groups in total. The number of aromatic nitrogens is 1. The van der Waals surface area contributed by atoms with E-state index in [1.807, 2.05) is 0 Å². The van der Waals surface area contributed by atoms with Crippen molar-refractivity contribution in [2.24, 2.45) is 5.92 Å². The van der Waals surface area contributed by atoms with Gasteiger partial charge in [-0.2, -0.15) is 0 Å². The lowest BCUT2D eigenvalue weighted by molar-refractivity contribution is 0.236. The van der Waals surface area contributed by atoms with Gasteiger partial charge in [-0.25, -0.2) is 4.98 Å². The Balaban J connectivity index is 1.72. The van der Waals surface area contributed by atoms with Gasteiger partial charge < -0.3 is 9.73 Å². The summed E-state index contributed by atoms with van der Waals surface area (Å²) in [5.74, 6) is 1.80. The van der Waals surface area contributed by atoms with Gasteiger partial charge in [-0.3, -0.25) is 0 Å². The summed E-state index contributed by atoms with van der Waals surface area (Å²) in [4.78, 5) is 3.87. The molecule has 1 fully saturated rings. The molecule has 1 aliphatic carbocycles. The van der Waals surface area contributed by atoms with Crippen LogP contribution in [0.2, 0.25) is 0 Å². The molecule has 0 amide bonds. The van der Waals surface area contributed by atoms with E-state index in [9.17, 15) is 0 Å². The number of nitrogens with zero attached hydrogens (tertiary/aromatic N) is 1. The first-order valence-corrected chi connectivity index (χ1v) is 4.97. The van der Waals surface area contributed by atoms with Crippen LogP contribution in [0.3, 0.4) is 0 Å². The van der Waals surface area contributed by atoms with E-state index in [-0.39, 0.29) is 0 Å². The predicted molar refractivity (Wildman–Crippen MR) is 50.1 cm³/mol. The summed E-state index contributed by atoms with van der Waals surface area (Å²) in [6, 6.07) is 0.610. The largest absolute Gasteiger partial charge is 0.447 e. The average molecular weight is 180 g/mol. The van der Waals surface area contributed by atoms with Crippen LogP contribution in [0.15, 0.2) is 17.0 Å². The monoisotopic (exact) mass is 180 g/mol. The van der Waals surface area contributed by atoms with Crippen LogP contribution in [-0.2, 0) is 6.54 Å². The van der Waals surface area contributed by atoms with Crippen LogP contribution in [-0.4, -0.2) is 11.0 Å². The molecule has 1 aliphatic rings. The molecule has 1 saturated carbocycles. The Labute approximate surface area is 78.5 Å². The summed E-state index contributed by atoms with van der Waals surface area (Å²) in [6.07, 6.45) is 7.40. The summed E-state index contributed by atoms with van der Waals surface area (Å²) >= 11 is 0. The number of hydrogen-bond acceptors (Lipinski definition) is 3. The molecule has 0 bridgehead atoms. The molecule has 13 heavy (non-hydrogen) atoms. The lowest BCUT2D eigenvalue weighted by Gasteiger charge is -2.31. The summed E-state index contributed by atoms with van der Waals surface area (Å²) in [5.41, 5.74) is 0. The first-order chi connectivity index (χ1) is 6.36. The molecule has 0 aliphatic heterocycles. The zero-order chi connectivity index (χ0) is 9.10. The van der Waals surface area contributed by atoms with E-state index in [1.54, 1.807) is 6.20 Å². The Morgan fingerprint density at radius 2 is 2.54 bits per heavy atom. The second-order valence-corrected chi connectivity index (χ2v) is 3.83. The van der Waals surface area contributed by atoms with E-state index in [0.29, 0.717) is 6.04 Å². The fourth-order valence-corrected chi connectivity index (χ4v) is 1.70. The van der Waals surface area contributed by atoms with Gasteiger partial charge in [0.2, 0.25) is 0 Å². The molecular weight excluding hydrogens is 164 g/mol. The standard InChI is InChI=1S/C10H16N2O/c1-8(9-3-2-4-9)12-6-10-5-11-7-13-10/h5,7-9,12H,2-4,6H2,1H3. The lowest BCUT2D eigenvalue weighted by atomic mass is 9.80. The minimum absolute atomic E-state index is 0.610. The number of oxazole rings is 1. The van der Waals surface area contributed by atoms with Crippen LogP contribution in [0.1, 0.15) is 31.9 Å². The molecule has 1 atom stereocenters. The van der Waals surface area contributed by atoms with Crippen LogP contribution < -0.4 is 5.32 Å². The van der Waals surface area contributed by atoms with E-state index >= 15 is 0 Å². The Bertz CT molecular complexity index is 241. The zero-order valence-electron chi connectivity index (χ0n) is 7.99. The molecule has 0 saturated heterocycles. The Hall–Kier alpha value is -0.830. The van der Waals surface area contributed by atoms with Crippen molar-refractivity contribution < 1.29 is 4.42 Å². The van der Waals surface area contributed by atoms with E-state index in [4.69, 9.17) is 4.42 Å². The normalized spacial score (nSPS) is 19.8. The van der Waals surface area contributed by atoms with Gasteiger partial charge in [-0.15, -0.1) is 0 Å². The number of hydrogen-bond donors (Lipinski definition) is 1. The van der Waals surface area contributed by atoms with Crippen molar-refractivity contribution in [3.63, 3.8) is 0 Å². The Morgan fingerprint density at radius 1 is 1.69 bits per heavy atom. The van der Waals surface area contributed by atoms with Crippen molar-refractivity contribution in [1.82, 2.24) is 10.3 Å². The smallest absolute Gasteiger partial charge is 0.180 e. The molecule has 0 aromatic carbocycles. The van der Waals surface area contributed by atoms with Gasteiger partial charge in [0, 0.05) is 6.04 Å². The molecule has 72 valence electrons. The molecule has 0 radical (unpaired) electrons. The maximum Gasteiger partial charge on any atom is 0.180 e. The molecular formula is C10H16N2O. The minimum atomic E-state index is 0.610. The third-order valence-corrected chi connectivity index (χ3v) is 2.94. The minimum Gasteiger partial charge on any atom is -0.447 e. The molecule has 1 heterocycles. The van der Waals surface area contributed by atoms with E-state index < -0.39 is 0 Å². The highest BCUT2D eigenvalue weighted by atomic mass is 16.3. The second kappa shape index (κ2) is 3.92. The number of rotatable bonds is 4. The highest BCUT2D eigenvalue weighted by Crippen LogP contribution is 2.29. The highest BCUT2D eigenvalue weighted by molar-refractivity contribution is 4.89. The summed E-state index contributed by atoms with van der Waals surface area (Å²) in [5, 5.41) is 3.45. The maximum absolute atomic E-state index is 5.14. The van der Waals surface area contributed by atoms with Crippen LogP contribution in [0.5, 0.6) is 0 Å². The van der Waals surface area contributed by atoms with Gasteiger partial charge in [-0.1, -0.05) is 6.42 Å². The van der Waals surface area contributed by atoms with Crippen molar-refractivity contribution in [2.45, 2.75) is 38.8 Å². The van der Waals surface area contributed by atoms with Crippen LogP contribution in [0.25, 0.3) is 0 Å². The van der Waals surface area contributed by atoms with Crippen molar-refractivity contribution in [2.75, 3.05) is 0 Å². The first kappa shape index (κ1) is 8.75. The van der Waals surface area contributed by atoms with Gasteiger partial charge >= 0.3 is 0 Å². The average Bonchev–Trinajstić information content (AvgIpc) is 2.49. The van der Waals surface area contributed by atoms with E-state index in [2.05, 4.69) is 17.2 Å². The summed E-state index contributed by atoms with van der Waals surface area (Å²) < 4.78 is 5.14. The molecule has 3 heteroatoms. The third-order valence-electron chi connectivity index (χ3n) is 2.94. The van der Waals surface area contributed by atoms with E-state index in [1.165, 1.54) is 25.7 Å². The highest BCUT2D eigenvalue weighted by Gasteiger charge is 2.23. The van der Waals surface area contributed by atoms with Gasteiger partial charge in [0.15, 0.2) is 6.39 Å².